The van der Waals surface area contributed by atoms with Gasteiger partial charge in [-0.25, -0.2) is 4.79 Å². The standard InChI is InChI=1S/C14H20N2O2/c1-3-7-15-14(18)16-8-6-13(17)11-9-10(2)4-5-12(11)16/h4-5,9,13,17H,3,6-8H2,1-2H3,(H,15,18). The molecule has 98 valence electrons. The van der Waals surface area contributed by atoms with E-state index in [1.807, 2.05) is 32.0 Å². The van der Waals surface area contributed by atoms with Gasteiger partial charge in [-0.3, -0.25) is 4.90 Å². The number of rotatable bonds is 2. The number of hydrogen-bond acceptors (Lipinski definition) is 2. The minimum atomic E-state index is -0.463. The summed E-state index contributed by atoms with van der Waals surface area (Å²) < 4.78 is 0. The quantitative estimate of drug-likeness (QED) is 0.844. The predicted octanol–water partition coefficient (Wildman–Crippen LogP) is 2.36. The minimum Gasteiger partial charge on any atom is -0.388 e. The molecule has 0 saturated carbocycles. The molecule has 0 aliphatic carbocycles. The molecule has 1 aliphatic rings. The van der Waals surface area contributed by atoms with E-state index < -0.39 is 6.10 Å². The van der Waals surface area contributed by atoms with Crippen molar-refractivity contribution < 1.29 is 9.90 Å². The Bertz CT molecular complexity index is 445. The van der Waals surface area contributed by atoms with E-state index in [0.717, 1.165) is 23.2 Å². The van der Waals surface area contributed by atoms with Crippen molar-refractivity contribution in [3.8, 4) is 0 Å². The summed E-state index contributed by atoms with van der Waals surface area (Å²) in [7, 11) is 0. The van der Waals surface area contributed by atoms with Crippen LogP contribution < -0.4 is 10.2 Å². The normalized spacial score (nSPS) is 18.4. The highest BCUT2D eigenvalue weighted by atomic mass is 16.3. The van der Waals surface area contributed by atoms with Gasteiger partial charge < -0.3 is 10.4 Å². The van der Waals surface area contributed by atoms with Crippen molar-refractivity contribution in [3.05, 3.63) is 29.3 Å². The molecule has 0 radical (unpaired) electrons. The van der Waals surface area contributed by atoms with E-state index in [1.54, 1.807) is 4.90 Å². The number of aliphatic hydroxyl groups is 1. The lowest BCUT2D eigenvalue weighted by Crippen LogP contribution is -2.43. The van der Waals surface area contributed by atoms with Crippen LogP contribution in [0, 0.1) is 6.92 Å². The highest BCUT2D eigenvalue weighted by Crippen LogP contribution is 2.34. The summed E-state index contributed by atoms with van der Waals surface area (Å²) in [4.78, 5) is 13.8. The molecule has 2 rings (SSSR count). The molecule has 2 N–H and O–H groups in total. The van der Waals surface area contributed by atoms with E-state index in [2.05, 4.69) is 5.32 Å². The fourth-order valence-corrected chi connectivity index (χ4v) is 2.25. The highest BCUT2D eigenvalue weighted by Gasteiger charge is 2.27. The highest BCUT2D eigenvalue weighted by molar-refractivity contribution is 5.93. The van der Waals surface area contributed by atoms with Gasteiger partial charge in [-0.2, -0.15) is 0 Å². The Morgan fingerprint density at radius 2 is 2.33 bits per heavy atom. The second kappa shape index (κ2) is 5.40. The average molecular weight is 248 g/mol. The van der Waals surface area contributed by atoms with Crippen LogP contribution >= 0.6 is 0 Å². The summed E-state index contributed by atoms with van der Waals surface area (Å²) in [6.07, 6.45) is 1.05. The van der Waals surface area contributed by atoms with E-state index in [-0.39, 0.29) is 6.03 Å². The largest absolute Gasteiger partial charge is 0.388 e. The Morgan fingerprint density at radius 3 is 3.06 bits per heavy atom. The number of amides is 2. The van der Waals surface area contributed by atoms with Crippen LogP contribution in [0.4, 0.5) is 10.5 Å². The van der Waals surface area contributed by atoms with Crippen LogP contribution in [-0.4, -0.2) is 24.2 Å². The van der Waals surface area contributed by atoms with Crippen molar-refractivity contribution in [1.82, 2.24) is 5.32 Å². The molecule has 1 heterocycles. The number of hydrogen-bond donors (Lipinski definition) is 2. The molecule has 1 unspecified atom stereocenters. The maximum absolute atomic E-state index is 12.0. The SMILES string of the molecule is CCCNC(=O)N1CCC(O)c2cc(C)ccc21. The zero-order valence-electron chi connectivity index (χ0n) is 10.9. The third-order valence-corrected chi connectivity index (χ3v) is 3.23. The number of carbonyl (C=O) groups is 1. The van der Waals surface area contributed by atoms with Crippen LogP contribution in [0.5, 0.6) is 0 Å². The number of benzene rings is 1. The molecule has 0 spiro atoms. The van der Waals surface area contributed by atoms with Gasteiger partial charge in [-0.1, -0.05) is 24.6 Å². The molecule has 4 nitrogen and oxygen atoms in total. The average Bonchev–Trinajstić information content (AvgIpc) is 2.37. The van der Waals surface area contributed by atoms with Gasteiger partial charge in [0.2, 0.25) is 0 Å². The van der Waals surface area contributed by atoms with Gasteiger partial charge in [0.05, 0.1) is 11.8 Å². The van der Waals surface area contributed by atoms with Crippen molar-refractivity contribution in [3.63, 3.8) is 0 Å². The van der Waals surface area contributed by atoms with Crippen LogP contribution in [0.1, 0.15) is 37.0 Å². The number of aryl methyl sites for hydroxylation is 1. The molecule has 0 aromatic heterocycles. The first-order valence-electron chi connectivity index (χ1n) is 6.47. The summed E-state index contributed by atoms with van der Waals surface area (Å²) in [5.74, 6) is 0. The third-order valence-electron chi connectivity index (χ3n) is 3.23. The van der Waals surface area contributed by atoms with Crippen molar-refractivity contribution in [2.24, 2.45) is 0 Å². The summed E-state index contributed by atoms with van der Waals surface area (Å²) in [5, 5.41) is 12.9. The summed E-state index contributed by atoms with van der Waals surface area (Å²) in [6, 6.07) is 5.77. The molecule has 0 saturated heterocycles. The van der Waals surface area contributed by atoms with Gasteiger partial charge in [0, 0.05) is 18.7 Å². The van der Waals surface area contributed by atoms with Gasteiger partial charge in [0.25, 0.3) is 0 Å². The fourth-order valence-electron chi connectivity index (χ4n) is 2.25. The molecule has 4 heteroatoms. The zero-order valence-corrected chi connectivity index (χ0v) is 10.9. The van der Waals surface area contributed by atoms with E-state index in [1.165, 1.54) is 0 Å². The van der Waals surface area contributed by atoms with E-state index in [9.17, 15) is 9.90 Å². The lowest BCUT2D eigenvalue weighted by Gasteiger charge is -2.32. The third kappa shape index (κ3) is 2.48. The Morgan fingerprint density at radius 1 is 1.56 bits per heavy atom. The number of carbonyl (C=O) groups excluding carboxylic acids is 1. The Labute approximate surface area is 108 Å². The van der Waals surface area contributed by atoms with Crippen LogP contribution in [0.2, 0.25) is 0 Å². The molecule has 1 aromatic carbocycles. The van der Waals surface area contributed by atoms with E-state index in [0.29, 0.717) is 19.5 Å². The molecule has 2 amide bonds. The first-order chi connectivity index (χ1) is 8.63. The fraction of sp³-hybridized carbons (Fsp3) is 0.500. The molecule has 18 heavy (non-hydrogen) atoms. The Kier molecular flexibility index (Phi) is 3.87. The molecule has 0 fully saturated rings. The van der Waals surface area contributed by atoms with E-state index in [4.69, 9.17) is 0 Å². The number of aliphatic hydroxyl groups excluding tert-OH is 1. The number of anilines is 1. The van der Waals surface area contributed by atoms with Crippen molar-refractivity contribution in [1.29, 1.82) is 0 Å². The Balaban J connectivity index is 2.26. The lowest BCUT2D eigenvalue weighted by atomic mass is 9.97. The van der Waals surface area contributed by atoms with Gasteiger partial charge in [0.15, 0.2) is 0 Å². The van der Waals surface area contributed by atoms with Gasteiger partial charge in [-0.05, 0) is 25.8 Å². The first-order valence-corrected chi connectivity index (χ1v) is 6.47. The van der Waals surface area contributed by atoms with Gasteiger partial charge in [0.1, 0.15) is 0 Å². The van der Waals surface area contributed by atoms with E-state index >= 15 is 0 Å². The summed E-state index contributed by atoms with van der Waals surface area (Å²) in [6.45, 7) is 5.26. The molecular formula is C14H20N2O2. The van der Waals surface area contributed by atoms with Crippen molar-refractivity contribution in [2.75, 3.05) is 18.0 Å². The molecule has 0 bridgehead atoms. The molecular weight excluding hydrogens is 228 g/mol. The van der Waals surface area contributed by atoms with Gasteiger partial charge in [-0.15, -0.1) is 0 Å². The summed E-state index contributed by atoms with van der Waals surface area (Å²) in [5.41, 5.74) is 2.78. The predicted molar refractivity (Wildman–Crippen MR) is 71.8 cm³/mol. The van der Waals surface area contributed by atoms with Crippen molar-refractivity contribution >= 4 is 11.7 Å². The van der Waals surface area contributed by atoms with Crippen LogP contribution in [0.25, 0.3) is 0 Å². The van der Waals surface area contributed by atoms with Crippen molar-refractivity contribution in [2.45, 2.75) is 32.8 Å². The number of fused-ring (bicyclic) bond motifs is 1. The zero-order chi connectivity index (χ0) is 13.1. The van der Waals surface area contributed by atoms with Gasteiger partial charge >= 0.3 is 6.03 Å². The first kappa shape index (κ1) is 12.9. The number of urea groups is 1. The second-order valence-electron chi connectivity index (χ2n) is 4.75. The number of nitrogens with one attached hydrogen (secondary N) is 1. The monoisotopic (exact) mass is 248 g/mol. The van der Waals surface area contributed by atoms with Crippen LogP contribution in [-0.2, 0) is 0 Å². The molecule has 1 aromatic rings. The number of nitrogens with zero attached hydrogens (tertiary/aromatic N) is 1. The van der Waals surface area contributed by atoms with Crippen LogP contribution in [0.15, 0.2) is 18.2 Å². The second-order valence-corrected chi connectivity index (χ2v) is 4.75. The van der Waals surface area contributed by atoms with Crippen LogP contribution in [0.3, 0.4) is 0 Å². The maximum Gasteiger partial charge on any atom is 0.321 e. The Hall–Kier alpha value is -1.55. The molecule has 1 aliphatic heterocycles. The maximum atomic E-state index is 12.0. The summed E-state index contributed by atoms with van der Waals surface area (Å²) >= 11 is 0. The lowest BCUT2D eigenvalue weighted by molar-refractivity contribution is 0.164. The molecule has 1 atom stereocenters. The topological polar surface area (TPSA) is 52.6 Å². The smallest absolute Gasteiger partial charge is 0.321 e. The minimum absolute atomic E-state index is 0.0751.